The number of halogens is 3. The number of amides is 1. The second-order valence-electron chi connectivity index (χ2n) is 4.93. The van der Waals surface area contributed by atoms with E-state index in [9.17, 15) is 4.79 Å². The van der Waals surface area contributed by atoms with Crippen molar-refractivity contribution in [3.63, 3.8) is 0 Å². The summed E-state index contributed by atoms with van der Waals surface area (Å²) in [5.74, 6) is 0.0636. The van der Waals surface area contributed by atoms with Gasteiger partial charge in [0.1, 0.15) is 0 Å². The number of anilines is 1. The summed E-state index contributed by atoms with van der Waals surface area (Å²) < 4.78 is 0. The number of aromatic nitrogens is 1. The average Bonchev–Trinajstić information content (AvgIpc) is 3.05. The van der Waals surface area contributed by atoms with Crippen molar-refractivity contribution >= 4 is 68.9 Å². The van der Waals surface area contributed by atoms with Crippen LogP contribution in [0.25, 0.3) is 11.3 Å². The van der Waals surface area contributed by atoms with Crippen LogP contribution in [0.15, 0.2) is 52.7 Å². The molecule has 0 spiro atoms. The van der Waals surface area contributed by atoms with Gasteiger partial charge in [0.2, 0.25) is 5.91 Å². The largest absolute Gasteiger partial charge is 0.301 e. The zero-order valence-corrected chi connectivity index (χ0v) is 16.5. The normalized spacial score (nSPS) is 10.7. The zero-order chi connectivity index (χ0) is 17.8. The lowest BCUT2D eigenvalue weighted by atomic mass is 10.2. The maximum absolute atomic E-state index is 12.1. The van der Waals surface area contributed by atoms with Crippen LogP contribution < -0.4 is 5.32 Å². The number of thiazole rings is 1. The molecule has 0 aliphatic heterocycles. The van der Waals surface area contributed by atoms with Gasteiger partial charge in [0.25, 0.3) is 0 Å². The summed E-state index contributed by atoms with van der Waals surface area (Å²) in [7, 11) is 0. The van der Waals surface area contributed by atoms with Gasteiger partial charge in [-0.25, -0.2) is 4.98 Å². The molecule has 0 fully saturated rings. The molecule has 3 aromatic rings. The number of thioether (sulfide) groups is 1. The van der Waals surface area contributed by atoms with E-state index in [0.29, 0.717) is 20.2 Å². The smallest absolute Gasteiger partial charge is 0.236 e. The van der Waals surface area contributed by atoms with Gasteiger partial charge in [0.15, 0.2) is 5.13 Å². The highest BCUT2D eigenvalue weighted by Gasteiger charge is 2.11. The van der Waals surface area contributed by atoms with E-state index in [1.165, 1.54) is 23.1 Å². The maximum Gasteiger partial charge on any atom is 0.236 e. The van der Waals surface area contributed by atoms with Gasteiger partial charge in [-0.15, -0.1) is 23.1 Å². The first-order valence-electron chi connectivity index (χ1n) is 7.11. The van der Waals surface area contributed by atoms with E-state index in [2.05, 4.69) is 10.3 Å². The fourth-order valence-electron chi connectivity index (χ4n) is 1.98. The van der Waals surface area contributed by atoms with E-state index < -0.39 is 0 Å². The molecule has 1 amide bonds. The van der Waals surface area contributed by atoms with Gasteiger partial charge in [-0.1, -0.05) is 53.0 Å². The van der Waals surface area contributed by atoms with Crippen LogP contribution in [0.2, 0.25) is 15.1 Å². The first-order valence-corrected chi connectivity index (χ1v) is 10.1. The number of carbonyl (C=O) groups excluding carboxylic acids is 1. The number of benzene rings is 2. The highest BCUT2D eigenvalue weighted by atomic mass is 35.5. The minimum atomic E-state index is -0.155. The fraction of sp³-hybridized carbons (Fsp3) is 0.0588. The van der Waals surface area contributed by atoms with Crippen molar-refractivity contribution in [1.82, 2.24) is 4.98 Å². The second-order valence-corrected chi connectivity index (χ2v) is 8.03. The van der Waals surface area contributed by atoms with Crippen LogP contribution in [0, 0.1) is 0 Å². The van der Waals surface area contributed by atoms with Crippen molar-refractivity contribution in [1.29, 1.82) is 0 Å². The van der Waals surface area contributed by atoms with E-state index in [1.807, 2.05) is 23.6 Å². The number of hydrogen-bond acceptors (Lipinski definition) is 4. The Labute approximate surface area is 168 Å². The summed E-state index contributed by atoms with van der Waals surface area (Å²) in [5.41, 5.74) is 1.74. The zero-order valence-electron chi connectivity index (χ0n) is 12.6. The molecule has 128 valence electrons. The predicted octanol–water partition coefficient (Wildman–Crippen LogP) is 6.50. The van der Waals surface area contributed by atoms with Crippen LogP contribution in [-0.2, 0) is 4.79 Å². The van der Waals surface area contributed by atoms with E-state index in [4.69, 9.17) is 34.8 Å². The third-order valence-electron chi connectivity index (χ3n) is 3.17. The lowest BCUT2D eigenvalue weighted by Crippen LogP contribution is -2.13. The number of hydrogen-bond donors (Lipinski definition) is 1. The van der Waals surface area contributed by atoms with Gasteiger partial charge in [-0.05, 0) is 24.3 Å². The molecule has 0 saturated carbocycles. The summed E-state index contributed by atoms with van der Waals surface area (Å²) in [6, 6.07) is 12.7. The monoisotopic (exact) mass is 428 g/mol. The minimum Gasteiger partial charge on any atom is -0.301 e. The molecule has 2 aromatic carbocycles. The van der Waals surface area contributed by atoms with Crippen molar-refractivity contribution in [2.24, 2.45) is 0 Å². The van der Waals surface area contributed by atoms with Crippen LogP contribution in [-0.4, -0.2) is 16.6 Å². The van der Waals surface area contributed by atoms with Crippen molar-refractivity contribution in [2.75, 3.05) is 11.1 Å². The Morgan fingerprint density at radius 2 is 1.88 bits per heavy atom. The molecule has 3 rings (SSSR count). The molecule has 1 N–H and O–H groups in total. The molecule has 1 heterocycles. The van der Waals surface area contributed by atoms with Crippen molar-refractivity contribution in [3.05, 3.63) is 62.9 Å². The Balaban J connectivity index is 1.60. The molecule has 25 heavy (non-hydrogen) atoms. The third-order valence-corrected chi connectivity index (χ3v) is 6.16. The maximum atomic E-state index is 12.1. The van der Waals surface area contributed by atoms with Crippen molar-refractivity contribution in [3.8, 4) is 11.3 Å². The Morgan fingerprint density at radius 1 is 1.12 bits per heavy atom. The highest BCUT2D eigenvalue weighted by molar-refractivity contribution is 8.00. The molecule has 3 nitrogen and oxygen atoms in total. The molecule has 0 saturated heterocycles. The molecule has 0 aliphatic rings. The standard InChI is InChI=1S/C17H11Cl3N2OS2/c18-11-6-4-10(5-7-11)13-8-25-17(21-13)22-15(23)9-24-14-3-1-2-12(19)16(14)20/h1-8H,9H2,(H,21,22,23). The molecule has 1 aromatic heterocycles. The summed E-state index contributed by atoms with van der Waals surface area (Å²) in [4.78, 5) is 17.3. The summed E-state index contributed by atoms with van der Waals surface area (Å²) in [6.07, 6.45) is 0. The van der Waals surface area contributed by atoms with E-state index >= 15 is 0 Å². The summed E-state index contributed by atoms with van der Waals surface area (Å²) in [5, 5.41) is 6.83. The van der Waals surface area contributed by atoms with Crippen molar-refractivity contribution in [2.45, 2.75) is 4.90 Å². The number of nitrogens with zero attached hydrogens (tertiary/aromatic N) is 1. The first-order chi connectivity index (χ1) is 12.0. The third kappa shape index (κ3) is 4.90. The van der Waals surface area contributed by atoms with E-state index in [1.54, 1.807) is 24.3 Å². The van der Waals surface area contributed by atoms with Gasteiger partial charge < -0.3 is 5.32 Å². The van der Waals surface area contributed by atoms with Gasteiger partial charge in [-0.2, -0.15) is 0 Å². The van der Waals surface area contributed by atoms with Gasteiger partial charge in [0.05, 0.1) is 21.5 Å². The van der Waals surface area contributed by atoms with Crippen LogP contribution in [0.3, 0.4) is 0 Å². The number of rotatable bonds is 5. The Morgan fingerprint density at radius 3 is 2.64 bits per heavy atom. The van der Waals surface area contributed by atoms with Gasteiger partial charge in [0, 0.05) is 20.9 Å². The van der Waals surface area contributed by atoms with Gasteiger partial charge >= 0.3 is 0 Å². The molecule has 8 heteroatoms. The number of carbonyl (C=O) groups is 1. The van der Waals surface area contributed by atoms with E-state index in [-0.39, 0.29) is 11.7 Å². The lowest BCUT2D eigenvalue weighted by Gasteiger charge is -2.05. The molecule has 0 radical (unpaired) electrons. The second kappa shape index (κ2) is 8.43. The van der Waals surface area contributed by atoms with Crippen molar-refractivity contribution < 1.29 is 4.79 Å². The average molecular weight is 430 g/mol. The Bertz CT molecular complexity index is 897. The van der Waals surface area contributed by atoms with E-state index in [0.717, 1.165) is 16.2 Å². The quantitative estimate of drug-likeness (QED) is 0.471. The van der Waals surface area contributed by atoms with Crippen LogP contribution in [0.5, 0.6) is 0 Å². The molecule has 0 atom stereocenters. The van der Waals surface area contributed by atoms with Crippen LogP contribution >= 0.6 is 57.9 Å². The first kappa shape index (κ1) is 18.5. The Hall–Kier alpha value is -1.24. The predicted molar refractivity (Wildman–Crippen MR) is 108 cm³/mol. The molecule has 0 aliphatic carbocycles. The Kier molecular flexibility index (Phi) is 6.25. The van der Waals surface area contributed by atoms with Crippen LogP contribution in [0.4, 0.5) is 5.13 Å². The molecular formula is C17H11Cl3N2OS2. The lowest BCUT2D eigenvalue weighted by molar-refractivity contribution is -0.113. The highest BCUT2D eigenvalue weighted by Crippen LogP contribution is 2.33. The number of nitrogens with one attached hydrogen (secondary N) is 1. The summed E-state index contributed by atoms with van der Waals surface area (Å²) >= 11 is 20.7. The van der Waals surface area contributed by atoms with Crippen LogP contribution in [0.1, 0.15) is 0 Å². The molecule has 0 bridgehead atoms. The molecular weight excluding hydrogens is 419 g/mol. The van der Waals surface area contributed by atoms with Gasteiger partial charge in [-0.3, -0.25) is 4.79 Å². The molecule has 0 unspecified atom stereocenters. The minimum absolute atomic E-state index is 0.155. The topological polar surface area (TPSA) is 42.0 Å². The summed E-state index contributed by atoms with van der Waals surface area (Å²) in [6.45, 7) is 0. The fourth-order valence-corrected chi connectivity index (χ4v) is 4.13. The SMILES string of the molecule is O=C(CSc1cccc(Cl)c1Cl)Nc1nc(-c2ccc(Cl)cc2)cs1.